The molecule has 0 aromatic carbocycles. The molecule has 1 aliphatic heterocycles. The van der Waals surface area contributed by atoms with Gasteiger partial charge in [0.25, 0.3) is 0 Å². The summed E-state index contributed by atoms with van der Waals surface area (Å²) in [6.07, 6.45) is 5.06. The molecule has 4 heteroatoms. The van der Waals surface area contributed by atoms with Gasteiger partial charge in [-0.3, -0.25) is 4.68 Å². The number of aryl methyl sites for hydroxylation is 1. The van der Waals surface area contributed by atoms with Gasteiger partial charge in [0.1, 0.15) is 0 Å². The molecule has 1 aromatic heterocycles. The van der Waals surface area contributed by atoms with Crippen molar-refractivity contribution < 1.29 is 0 Å². The maximum atomic E-state index is 4.09. The molecule has 2 rings (SSSR count). The quantitative estimate of drug-likeness (QED) is 0.659. The van der Waals surface area contributed by atoms with Gasteiger partial charge in [0, 0.05) is 25.8 Å². The lowest BCUT2D eigenvalue weighted by molar-refractivity contribution is 0.766. The minimum atomic E-state index is 0.578. The van der Waals surface area contributed by atoms with Crippen LogP contribution in [0.5, 0.6) is 0 Å². The highest BCUT2D eigenvalue weighted by molar-refractivity contribution is 5.39. The molecule has 2 N–H and O–H groups in total. The first-order valence-corrected chi connectivity index (χ1v) is 4.30. The molecule has 0 aliphatic carbocycles. The van der Waals surface area contributed by atoms with Crippen molar-refractivity contribution in [3.05, 3.63) is 12.4 Å². The Bertz CT molecular complexity index is 249. The molecule has 12 heavy (non-hydrogen) atoms. The second-order valence-electron chi connectivity index (χ2n) is 3.24. The van der Waals surface area contributed by atoms with Crippen LogP contribution in [0, 0.1) is 0 Å². The van der Waals surface area contributed by atoms with E-state index in [0.717, 1.165) is 18.8 Å². The van der Waals surface area contributed by atoms with Crippen molar-refractivity contribution in [1.82, 2.24) is 15.1 Å². The Labute approximate surface area is 72.0 Å². The number of aromatic nitrogens is 2. The molecule has 0 bridgehead atoms. The number of rotatable bonds is 2. The average molecular weight is 166 g/mol. The van der Waals surface area contributed by atoms with E-state index in [1.165, 1.54) is 6.42 Å². The molecular weight excluding hydrogens is 152 g/mol. The summed E-state index contributed by atoms with van der Waals surface area (Å²) in [5, 5.41) is 10.8. The lowest BCUT2D eigenvalue weighted by atomic mass is 10.2. The van der Waals surface area contributed by atoms with Crippen molar-refractivity contribution in [3.63, 3.8) is 0 Å². The summed E-state index contributed by atoms with van der Waals surface area (Å²) >= 11 is 0. The Morgan fingerprint density at radius 2 is 2.67 bits per heavy atom. The van der Waals surface area contributed by atoms with E-state index in [1.54, 1.807) is 0 Å². The Morgan fingerprint density at radius 3 is 3.25 bits per heavy atom. The zero-order chi connectivity index (χ0) is 8.39. The highest BCUT2D eigenvalue weighted by Gasteiger charge is 2.13. The van der Waals surface area contributed by atoms with E-state index in [-0.39, 0.29) is 0 Å². The molecule has 0 amide bonds. The Balaban J connectivity index is 1.94. The first-order chi connectivity index (χ1) is 5.84. The van der Waals surface area contributed by atoms with Gasteiger partial charge in [0.05, 0.1) is 11.9 Å². The van der Waals surface area contributed by atoms with Gasteiger partial charge in [0.15, 0.2) is 0 Å². The zero-order valence-electron chi connectivity index (χ0n) is 7.25. The predicted molar refractivity (Wildman–Crippen MR) is 48.1 cm³/mol. The first kappa shape index (κ1) is 7.61. The van der Waals surface area contributed by atoms with E-state index < -0.39 is 0 Å². The van der Waals surface area contributed by atoms with Gasteiger partial charge in [0.2, 0.25) is 0 Å². The van der Waals surface area contributed by atoms with Crippen LogP contribution in [0.4, 0.5) is 5.69 Å². The molecule has 1 aromatic rings. The van der Waals surface area contributed by atoms with Crippen molar-refractivity contribution in [3.8, 4) is 0 Å². The summed E-state index contributed by atoms with van der Waals surface area (Å²) in [5.74, 6) is 0. The van der Waals surface area contributed by atoms with Gasteiger partial charge in [-0.15, -0.1) is 0 Å². The topological polar surface area (TPSA) is 41.9 Å². The standard InChI is InChI=1S/C8H14N4/c1-12-6-8(5-10-12)11-7-2-3-9-4-7/h5-7,9,11H,2-4H2,1H3. The maximum Gasteiger partial charge on any atom is 0.0728 e. The lowest BCUT2D eigenvalue weighted by Crippen LogP contribution is -2.21. The summed E-state index contributed by atoms with van der Waals surface area (Å²) in [4.78, 5) is 0. The molecule has 1 unspecified atom stereocenters. The molecule has 1 fully saturated rings. The SMILES string of the molecule is Cn1cc(NC2CCNC2)cn1. The molecule has 0 radical (unpaired) electrons. The van der Waals surface area contributed by atoms with Gasteiger partial charge in [-0.05, 0) is 13.0 Å². The van der Waals surface area contributed by atoms with E-state index in [0.29, 0.717) is 6.04 Å². The van der Waals surface area contributed by atoms with Crippen LogP contribution in [0.3, 0.4) is 0 Å². The summed E-state index contributed by atoms with van der Waals surface area (Å²) in [6, 6.07) is 0.578. The van der Waals surface area contributed by atoms with Crippen LogP contribution in [0.2, 0.25) is 0 Å². The number of nitrogens with one attached hydrogen (secondary N) is 2. The number of anilines is 1. The summed E-state index contributed by atoms with van der Waals surface area (Å²) in [6.45, 7) is 2.19. The number of hydrogen-bond acceptors (Lipinski definition) is 3. The minimum Gasteiger partial charge on any atom is -0.378 e. The third kappa shape index (κ3) is 1.58. The fraction of sp³-hybridized carbons (Fsp3) is 0.625. The van der Waals surface area contributed by atoms with Gasteiger partial charge in [-0.25, -0.2) is 0 Å². The fourth-order valence-corrected chi connectivity index (χ4v) is 1.51. The molecule has 4 nitrogen and oxygen atoms in total. The van der Waals surface area contributed by atoms with E-state index >= 15 is 0 Å². The van der Waals surface area contributed by atoms with Crippen LogP contribution in [-0.2, 0) is 7.05 Å². The third-order valence-electron chi connectivity index (χ3n) is 2.14. The van der Waals surface area contributed by atoms with Crippen molar-refractivity contribution in [2.24, 2.45) is 7.05 Å². The normalized spacial score (nSPS) is 22.9. The third-order valence-corrected chi connectivity index (χ3v) is 2.14. The van der Waals surface area contributed by atoms with Crippen LogP contribution in [0.15, 0.2) is 12.4 Å². The molecule has 1 saturated heterocycles. The maximum absolute atomic E-state index is 4.09. The molecular formula is C8H14N4. The molecule has 66 valence electrons. The zero-order valence-corrected chi connectivity index (χ0v) is 7.25. The second kappa shape index (κ2) is 3.15. The average Bonchev–Trinajstić information content (AvgIpc) is 2.63. The monoisotopic (exact) mass is 166 g/mol. The smallest absolute Gasteiger partial charge is 0.0728 e. The van der Waals surface area contributed by atoms with Gasteiger partial charge < -0.3 is 10.6 Å². The van der Waals surface area contributed by atoms with Crippen LogP contribution in [0.25, 0.3) is 0 Å². The Hall–Kier alpha value is -1.03. The van der Waals surface area contributed by atoms with Gasteiger partial charge in [-0.2, -0.15) is 5.10 Å². The summed E-state index contributed by atoms with van der Waals surface area (Å²) in [5.41, 5.74) is 1.12. The van der Waals surface area contributed by atoms with E-state index in [9.17, 15) is 0 Å². The number of hydrogen-bond donors (Lipinski definition) is 2. The Kier molecular flexibility index (Phi) is 1.99. The van der Waals surface area contributed by atoms with Gasteiger partial charge in [-0.1, -0.05) is 0 Å². The van der Waals surface area contributed by atoms with E-state index in [1.807, 2.05) is 24.1 Å². The number of nitrogens with zero attached hydrogens (tertiary/aromatic N) is 2. The predicted octanol–water partition coefficient (Wildman–Crippen LogP) is 0.194. The Morgan fingerprint density at radius 1 is 1.75 bits per heavy atom. The second-order valence-corrected chi connectivity index (χ2v) is 3.24. The van der Waals surface area contributed by atoms with Crippen molar-refractivity contribution in [1.29, 1.82) is 0 Å². The van der Waals surface area contributed by atoms with Crippen molar-refractivity contribution >= 4 is 5.69 Å². The van der Waals surface area contributed by atoms with E-state index in [2.05, 4.69) is 15.7 Å². The lowest BCUT2D eigenvalue weighted by Gasteiger charge is -2.09. The van der Waals surface area contributed by atoms with Crippen LogP contribution >= 0.6 is 0 Å². The molecule has 0 saturated carbocycles. The molecule has 2 heterocycles. The molecule has 0 spiro atoms. The van der Waals surface area contributed by atoms with Crippen LogP contribution in [-0.4, -0.2) is 28.9 Å². The van der Waals surface area contributed by atoms with Crippen molar-refractivity contribution in [2.75, 3.05) is 18.4 Å². The van der Waals surface area contributed by atoms with Gasteiger partial charge >= 0.3 is 0 Å². The summed E-state index contributed by atoms with van der Waals surface area (Å²) < 4.78 is 1.81. The van der Waals surface area contributed by atoms with Crippen molar-refractivity contribution in [2.45, 2.75) is 12.5 Å². The molecule has 1 atom stereocenters. The molecule has 1 aliphatic rings. The van der Waals surface area contributed by atoms with Crippen LogP contribution in [0.1, 0.15) is 6.42 Å². The largest absolute Gasteiger partial charge is 0.378 e. The minimum absolute atomic E-state index is 0.578. The summed E-state index contributed by atoms with van der Waals surface area (Å²) in [7, 11) is 1.93. The first-order valence-electron chi connectivity index (χ1n) is 4.30. The highest BCUT2D eigenvalue weighted by Crippen LogP contribution is 2.09. The van der Waals surface area contributed by atoms with E-state index in [4.69, 9.17) is 0 Å². The highest BCUT2D eigenvalue weighted by atomic mass is 15.3. The fourth-order valence-electron chi connectivity index (χ4n) is 1.51. The van der Waals surface area contributed by atoms with Crippen LogP contribution < -0.4 is 10.6 Å².